The van der Waals surface area contributed by atoms with Gasteiger partial charge in [0.1, 0.15) is 6.54 Å². The molecule has 2 aromatic rings. The van der Waals surface area contributed by atoms with Crippen LogP contribution in [0, 0.1) is 25.7 Å². The van der Waals surface area contributed by atoms with Crippen molar-refractivity contribution in [2.24, 2.45) is 11.8 Å². The molecule has 1 N–H and O–H groups in total. The van der Waals surface area contributed by atoms with Crippen LogP contribution < -0.4 is 19.1 Å². The van der Waals surface area contributed by atoms with Crippen LogP contribution in [0.1, 0.15) is 36.8 Å². The van der Waals surface area contributed by atoms with E-state index in [9.17, 15) is 13.2 Å². The molecule has 1 amide bonds. The predicted molar refractivity (Wildman–Crippen MR) is 127 cm³/mol. The lowest BCUT2D eigenvalue weighted by Crippen LogP contribution is -2.46. The van der Waals surface area contributed by atoms with E-state index in [0.29, 0.717) is 29.0 Å². The molecule has 2 aliphatic carbocycles. The molecule has 0 radical (unpaired) electrons. The first-order chi connectivity index (χ1) is 15.7. The van der Waals surface area contributed by atoms with Crippen LogP contribution in [-0.2, 0) is 14.8 Å². The fraction of sp³-hybridized carbons (Fsp3) is 0.480. The number of hydrogen-bond acceptors (Lipinski definition) is 5. The first kappa shape index (κ1) is 23.4. The summed E-state index contributed by atoms with van der Waals surface area (Å²) in [5, 5.41) is 3.11. The van der Waals surface area contributed by atoms with Crippen molar-refractivity contribution in [3.8, 4) is 11.5 Å². The molecule has 2 saturated carbocycles. The number of anilines is 1. The van der Waals surface area contributed by atoms with Gasteiger partial charge in [0.2, 0.25) is 5.91 Å². The number of aryl methyl sites for hydroxylation is 2. The molecular weight excluding hydrogens is 440 g/mol. The molecule has 0 spiro atoms. The first-order valence-electron chi connectivity index (χ1n) is 11.3. The molecule has 0 aliphatic heterocycles. The van der Waals surface area contributed by atoms with Crippen molar-refractivity contribution in [2.45, 2.75) is 50.5 Å². The van der Waals surface area contributed by atoms with Crippen molar-refractivity contribution < 1.29 is 22.7 Å². The number of sulfonamides is 1. The molecule has 7 nitrogen and oxygen atoms in total. The molecular formula is C25H32N2O5S. The molecule has 2 fully saturated rings. The van der Waals surface area contributed by atoms with Crippen LogP contribution in [0.2, 0.25) is 0 Å². The number of fused-ring (bicyclic) bond motifs is 2. The Morgan fingerprint density at radius 2 is 1.70 bits per heavy atom. The van der Waals surface area contributed by atoms with Crippen molar-refractivity contribution >= 4 is 21.6 Å². The van der Waals surface area contributed by atoms with Gasteiger partial charge in [-0.25, -0.2) is 8.42 Å². The largest absolute Gasteiger partial charge is 0.493 e. The number of ether oxygens (including phenoxy) is 2. The number of rotatable bonds is 8. The lowest BCUT2D eigenvalue weighted by molar-refractivity contribution is -0.120. The second-order valence-corrected chi connectivity index (χ2v) is 11.1. The number of nitrogens with zero attached hydrogens (tertiary/aromatic N) is 1. The summed E-state index contributed by atoms with van der Waals surface area (Å²) in [4.78, 5) is 13.1. The molecule has 0 unspecified atom stereocenters. The minimum atomic E-state index is -4.05. The summed E-state index contributed by atoms with van der Waals surface area (Å²) in [5.74, 6) is 1.66. The summed E-state index contributed by atoms with van der Waals surface area (Å²) in [6, 6.07) is 10.1. The number of nitrogens with one attached hydrogen (secondary N) is 1. The van der Waals surface area contributed by atoms with Gasteiger partial charge < -0.3 is 14.8 Å². The zero-order valence-corrected chi connectivity index (χ0v) is 20.4. The monoisotopic (exact) mass is 472 g/mol. The normalized spacial score (nSPS) is 21.6. The lowest BCUT2D eigenvalue weighted by atomic mass is 9.95. The number of hydrogen-bond donors (Lipinski definition) is 1. The van der Waals surface area contributed by atoms with Gasteiger partial charge in [0.05, 0.1) is 24.8 Å². The molecule has 2 bridgehead atoms. The quantitative estimate of drug-likeness (QED) is 0.631. The van der Waals surface area contributed by atoms with Crippen LogP contribution in [0.15, 0.2) is 41.3 Å². The van der Waals surface area contributed by atoms with Crippen molar-refractivity contribution in [1.29, 1.82) is 0 Å². The third kappa shape index (κ3) is 4.81. The fourth-order valence-electron chi connectivity index (χ4n) is 5.32. The summed E-state index contributed by atoms with van der Waals surface area (Å²) in [7, 11) is -1.10. The highest BCUT2D eigenvalue weighted by atomic mass is 32.2. The van der Waals surface area contributed by atoms with Gasteiger partial charge in [-0.05, 0) is 80.3 Å². The lowest BCUT2D eigenvalue weighted by Gasteiger charge is -2.28. The van der Waals surface area contributed by atoms with Gasteiger partial charge in [0, 0.05) is 12.1 Å². The van der Waals surface area contributed by atoms with E-state index in [4.69, 9.17) is 9.47 Å². The minimum Gasteiger partial charge on any atom is -0.493 e. The third-order valence-corrected chi connectivity index (χ3v) is 8.58. The van der Waals surface area contributed by atoms with Crippen LogP contribution >= 0.6 is 0 Å². The second-order valence-electron chi connectivity index (χ2n) is 9.22. The summed E-state index contributed by atoms with van der Waals surface area (Å²) in [6.07, 6.45) is 4.53. The van der Waals surface area contributed by atoms with Crippen LogP contribution in [0.4, 0.5) is 5.69 Å². The summed E-state index contributed by atoms with van der Waals surface area (Å²) in [5.41, 5.74) is 2.31. The van der Waals surface area contributed by atoms with Gasteiger partial charge in [0.25, 0.3) is 10.0 Å². The Morgan fingerprint density at radius 1 is 1.00 bits per heavy atom. The van der Waals surface area contributed by atoms with Crippen molar-refractivity contribution in [3.05, 3.63) is 47.5 Å². The van der Waals surface area contributed by atoms with Crippen LogP contribution in [0.25, 0.3) is 0 Å². The van der Waals surface area contributed by atoms with Crippen LogP contribution in [0.5, 0.6) is 11.5 Å². The molecule has 178 valence electrons. The Balaban J connectivity index is 1.67. The standard InChI is InChI=1S/C25H32N2O5S/c1-16-9-17(2)11-20(10-16)27(15-25(28)26-22-13-18-5-6-19(22)12-18)33(29,30)21-7-8-23(31-3)24(14-21)32-4/h7-11,14,18-19,22H,5-6,12-13,15H2,1-4H3,(H,26,28)/t18-,19+,22+/m1/s1. The zero-order chi connectivity index (χ0) is 23.8. The average Bonchev–Trinajstić information content (AvgIpc) is 3.39. The molecule has 3 atom stereocenters. The summed E-state index contributed by atoms with van der Waals surface area (Å²) in [6.45, 7) is 3.54. The van der Waals surface area contributed by atoms with E-state index in [0.717, 1.165) is 30.4 Å². The maximum atomic E-state index is 13.8. The number of amides is 1. The predicted octanol–water partition coefficient (Wildman–Crippen LogP) is 3.82. The molecule has 33 heavy (non-hydrogen) atoms. The van der Waals surface area contributed by atoms with Crippen LogP contribution in [0.3, 0.4) is 0 Å². The number of carbonyl (C=O) groups is 1. The SMILES string of the molecule is COc1ccc(S(=O)(=O)N(CC(=O)N[C@H]2C[C@@H]3CC[C@H]2C3)c2cc(C)cc(C)c2)cc1OC. The second kappa shape index (κ2) is 9.25. The van der Waals surface area contributed by atoms with Gasteiger partial charge in [-0.2, -0.15) is 0 Å². The number of benzene rings is 2. The fourth-order valence-corrected chi connectivity index (χ4v) is 6.74. The molecule has 0 heterocycles. The van der Waals surface area contributed by atoms with Crippen LogP contribution in [-0.4, -0.2) is 41.1 Å². The van der Waals surface area contributed by atoms with E-state index < -0.39 is 10.0 Å². The Morgan fingerprint density at radius 3 is 2.27 bits per heavy atom. The van der Waals surface area contributed by atoms with E-state index in [1.807, 2.05) is 19.9 Å². The Bertz CT molecular complexity index is 1130. The van der Waals surface area contributed by atoms with Crippen molar-refractivity contribution in [1.82, 2.24) is 5.32 Å². The van der Waals surface area contributed by atoms with Gasteiger partial charge in [-0.3, -0.25) is 9.10 Å². The van der Waals surface area contributed by atoms with E-state index in [1.54, 1.807) is 18.2 Å². The Kier molecular flexibility index (Phi) is 6.56. The number of methoxy groups -OCH3 is 2. The highest BCUT2D eigenvalue weighted by Gasteiger charge is 2.40. The topological polar surface area (TPSA) is 84.9 Å². The average molecular weight is 473 g/mol. The first-order valence-corrected chi connectivity index (χ1v) is 12.8. The van der Waals surface area contributed by atoms with Gasteiger partial charge in [-0.1, -0.05) is 12.5 Å². The molecule has 2 aromatic carbocycles. The van der Waals surface area contributed by atoms with E-state index in [-0.39, 0.29) is 23.4 Å². The van der Waals surface area contributed by atoms with E-state index in [2.05, 4.69) is 5.32 Å². The number of carbonyl (C=O) groups excluding carboxylic acids is 1. The highest BCUT2D eigenvalue weighted by molar-refractivity contribution is 7.92. The van der Waals surface area contributed by atoms with E-state index >= 15 is 0 Å². The smallest absolute Gasteiger partial charge is 0.264 e. The minimum absolute atomic E-state index is 0.0343. The Hall–Kier alpha value is -2.74. The van der Waals surface area contributed by atoms with Gasteiger partial charge >= 0.3 is 0 Å². The van der Waals surface area contributed by atoms with Crippen molar-refractivity contribution in [2.75, 3.05) is 25.1 Å². The third-order valence-electron chi connectivity index (χ3n) is 6.81. The maximum absolute atomic E-state index is 13.8. The van der Waals surface area contributed by atoms with Gasteiger partial charge in [0.15, 0.2) is 11.5 Å². The molecule has 2 aliphatic rings. The van der Waals surface area contributed by atoms with E-state index in [1.165, 1.54) is 37.1 Å². The highest BCUT2D eigenvalue weighted by Crippen LogP contribution is 2.44. The molecule has 4 rings (SSSR count). The maximum Gasteiger partial charge on any atom is 0.264 e. The zero-order valence-electron chi connectivity index (χ0n) is 19.6. The summed E-state index contributed by atoms with van der Waals surface area (Å²) < 4.78 is 39.3. The molecule has 0 saturated heterocycles. The molecule has 0 aromatic heterocycles. The van der Waals surface area contributed by atoms with Gasteiger partial charge in [-0.15, -0.1) is 0 Å². The van der Waals surface area contributed by atoms with Crippen molar-refractivity contribution in [3.63, 3.8) is 0 Å². The summed E-state index contributed by atoms with van der Waals surface area (Å²) >= 11 is 0. The molecule has 8 heteroatoms. The Labute approximate surface area is 196 Å².